The molecule has 0 saturated carbocycles. The van der Waals surface area contributed by atoms with Crippen LogP contribution in [0.3, 0.4) is 0 Å². The second-order valence-electron chi connectivity index (χ2n) is 6.26. The highest BCUT2D eigenvalue weighted by Gasteiger charge is 2.25. The van der Waals surface area contributed by atoms with Crippen LogP contribution >= 0.6 is 11.6 Å². The average Bonchev–Trinajstić information content (AvgIpc) is 2.73. The summed E-state index contributed by atoms with van der Waals surface area (Å²) in [5.41, 5.74) is 1.69. The zero-order valence-corrected chi connectivity index (χ0v) is 16.7. The zero-order chi connectivity index (χ0) is 20.0. The molecule has 148 valence electrons. The van der Waals surface area contributed by atoms with Crippen molar-refractivity contribution < 1.29 is 17.9 Å². The number of nitrogens with zero attached hydrogens (tertiary/aromatic N) is 1. The Morgan fingerprint density at radius 3 is 2.36 bits per heavy atom. The monoisotopic (exact) mass is 420 g/mol. The number of amides is 1. The number of halogens is 1. The van der Waals surface area contributed by atoms with Gasteiger partial charge in [0.25, 0.3) is 0 Å². The molecule has 28 heavy (non-hydrogen) atoms. The molecule has 1 fully saturated rings. The molecule has 0 aliphatic carbocycles. The van der Waals surface area contributed by atoms with E-state index in [0.717, 1.165) is 11.1 Å². The first kappa shape index (κ1) is 20.5. The van der Waals surface area contributed by atoms with Crippen molar-refractivity contribution in [3.8, 4) is 0 Å². The van der Waals surface area contributed by atoms with Gasteiger partial charge in [-0.25, -0.2) is 8.42 Å². The van der Waals surface area contributed by atoms with E-state index in [2.05, 4.69) is 5.32 Å². The standard InChI is InChI=1S/C20H21ClN2O4S/c21-18-6-1-17(2-7-18)15-22-20(24)10-5-16-3-8-19(9-4-16)28(25,26)23-11-13-27-14-12-23/h1-10H,11-15H2,(H,22,24). The molecule has 1 aliphatic heterocycles. The zero-order valence-electron chi connectivity index (χ0n) is 15.2. The number of nitrogens with one attached hydrogen (secondary N) is 1. The van der Waals surface area contributed by atoms with Crippen molar-refractivity contribution in [3.63, 3.8) is 0 Å². The first-order valence-corrected chi connectivity index (χ1v) is 10.7. The summed E-state index contributed by atoms with van der Waals surface area (Å²) in [6, 6.07) is 13.7. The number of rotatable bonds is 6. The van der Waals surface area contributed by atoms with Gasteiger partial charge in [-0.15, -0.1) is 0 Å². The number of morpholine rings is 1. The molecule has 1 aliphatic rings. The van der Waals surface area contributed by atoms with Crippen molar-refractivity contribution in [2.45, 2.75) is 11.4 Å². The van der Waals surface area contributed by atoms with Gasteiger partial charge in [0.1, 0.15) is 0 Å². The lowest BCUT2D eigenvalue weighted by Crippen LogP contribution is -2.40. The summed E-state index contributed by atoms with van der Waals surface area (Å²) in [7, 11) is -3.51. The fraction of sp³-hybridized carbons (Fsp3) is 0.250. The maximum atomic E-state index is 12.6. The number of carbonyl (C=O) groups excluding carboxylic acids is 1. The molecular weight excluding hydrogens is 400 g/mol. The SMILES string of the molecule is O=C(C=Cc1ccc(S(=O)(=O)N2CCOCC2)cc1)NCc1ccc(Cl)cc1. The molecule has 0 unspecified atom stereocenters. The maximum absolute atomic E-state index is 12.6. The van der Waals surface area contributed by atoms with Crippen molar-refractivity contribution in [1.29, 1.82) is 0 Å². The number of sulfonamides is 1. The van der Waals surface area contributed by atoms with E-state index in [-0.39, 0.29) is 10.8 Å². The lowest BCUT2D eigenvalue weighted by Gasteiger charge is -2.26. The van der Waals surface area contributed by atoms with Gasteiger partial charge >= 0.3 is 0 Å². The van der Waals surface area contributed by atoms with Gasteiger partial charge in [0.2, 0.25) is 15.9 Å². The third kappa shape index (κ3) is 5.42. The number of hydrogen-bond acceptors (Lipinski definition) is 4. The van der Waals surface area contributed by atoms with Crippen molar-refractivity contribution >= 4 is 33.6 Å². The Balaban J connectivity index is 1.57. The number of hydrogen-bond donors (Lipinski definition) is 1. The third-order valence-corrected chi connectivity index (χ3v) is 6.46. The smallest absolute Gasteiger partial charge is 0.244 e. The first-order chi connectivity index (χ1) is 13.4. The maximum Gasteiger partial charge on any atom is 0.244 e. The van der Waals surface area contributed by atoms with Crippen LogP contribution in [0, 0.1) is 0 Å². The summed E-state index contributed by atoms with van der Waals surface area (Å²) < 4.78 is 31.8. The van der Waals surface area contributed by atoms with Gasteiger partial charge < -0.3 is 10.1 Å². The summed E-state index contributed by atoms with van der Waals surface area (Å²) in [6.07, 6.45) is 3.06. The Hall–Kier alpha value is -2.19. The van der Waals surface area contributed by atoms with E-state index in [0.29, 0.717) is 37.9 Å². The fourth-order valence-corrected chi connectivity index (χ4v) is 4.24. The van der Waals surface area contributed by atoms with Gasteiger partial charge in [0, 0.05) is 30.7 Å². The minimum atomic E-state index is -3.51. The highest BCUT2D eigenvalue weighted by atomic mass is 35.5. The molecule has 1 saturated heterocycles. The third-order valence-electron chi connectivity index (χ3n) is 4.30. The minimum Gasteiger partial charge on any atom is -0.379 e. The number of ether oxygens (including phenoxy) is 1. The lowest BCUT2D eigenvalue weighted by atomic mass is 10.2. The molecule has 1 amide bonds. The van der Waals surface area contributed by atoms with E-state index in [9.17, 15) is 13.2 Å². The lowest BCUT2D eigenvalue weighted by molar-refractivity contribution is -0.116. The molecule has 0 aromatic heterocycles. The van der Waals surface area contributed by atoms with Gasteiger partial charge in [-0.2, -0.15) is 4.31 Å². The molecule has 1 heterocycles. The molecular formula is C20H21ClN2O4S. The van der Waals surface area contributed by atoms with Gasteiger partial charge in [0.15, 0.2) is 0 Å². The quantitative estimate of drug-likeness (QED) is 0.729. The number of benzene rings is 2. The molecule has 6 nitrogen and oxygen atoms in total. The molecule has 2 aromatic carbocycles. The van der Waals surface area contributed by atoms with Gasteiger partial charge in [-0.05, 0) is 41.5 Å². The molecule has 0 radical (unpaired) electrons. The van der Waals surface area contributed by atoms with Gasteiger partial charge in [-0.3, -0.25) is 4.79 Å². The Kier molecular flexibility index (Phi) is 6.85. The molecule has 8 heteroatoms. The molecule has 0 bridgehead atoms. The van der Waals surface area contributed by atoms with E-state index in [1.807, 2.05) is 12.1 Å². The van der Waals surface area contributed by atoms with Crippen molar-refractivity contribution in [1.82, 2.24) is 9.62 Å². The van der Waals surface area contributed by atoms with Crippen LogP contribution < -0.4 is 5.32 Å². The Labute approximate surface area is 169 Å². The molecule has 0 spiro atoms. The van der Waals surface area contributed by atoms with E-state index >= 15 is 0 Å². The fourth-order valence-electron chi connectivity index (χ4n) is 2.71. The second kappa shape index (κ2) is 9.34. The minimum absolute atomic E-state index is 0.235. The highest BCUT2D eigenvalue weighted by Crippen LogP contribution is 2.18. The van der Waals surface area contributed by atoms with Gasteiger partial charge in [-0.1, -0.05) is 35.9 Å². The van der Waals surface area contributed by atoms with Crippen molar-refractivity contribution in [2.75, 3.05) is 26.3 Å². The summed E-state index contributed by atoms with van der Waals surface area (Å²) in [6.45, 7) is 1.93. The van der Waals surface area contributed by atoms with Crippen LogP contribution in [0.15, 0.2) is 59.5 Å². The topological polar surface area (TPSA) is 75.7 Å². The van der Waals surface area contributed by atoms with Crippen molar-refractivity contribution in [3.05, 3.63) is 70.8 Å². The Morgan fingerprint density at radius 2 is 1.71 bits per heavy atom. The van der Waals surface area contributed by atoms with E-state index in [1.54, 1.807) is 42.5 Å². The predicted molar refractivity (Wildman–Crippen MR) is 108 cm³/mol. The second-order valence-corrected chi connectivity index (χ2v) is 8.64. The summed E-state index contributed by atoms with van der Waals surface area (Å²) in [5, 5.41) is 3.43. The van der Waals surface area contributed by atoms with E-state index < -0.39 is 10.0 Å². The largest absolute Gasteiger partial charge is 0.379 e. The van der Waals surface area contributed by atoms with E-state index in [1.165, 1.54) is 10.4 Å². The average molecular weight is 421 g/mol. The summed E-state index contributed by atoms with van der Waals surface area (Å²) >= 11 is 5.83. The van der Waals surface area contributed by atoms with Crippen LogP contribution in [0.2, 0.25) is 5.02 Å². The Bertz CT molecular complexity index is 935. The van der Waals surface area contributed by atoms with Crippen LogP contribution in [-0.2, 0) is 26.1 Å². The van der Waals surface area contributed by atoms with Crippen LogP contribution in [-0.4, -0.2) is 44.9 Å². The molecule has 2 aromatic rings. The predicted octanol–water partition coefficient (Wildman–Crippen LogP) is 2.69. The van der Waals surface area contributed by atoms with Crippen LogP contribution in [0.4, 0.5) is 0 Å². The van der Waals surface area contributed by atoms with Crippen LogP contribution in [0.25, 0.3) is 6.08 Å². The molecule has 3 rings (SSSR count). The van der Waals surface area contributed by atoms with Crippen LogP contribution in [0.5, 0.6) is 0 Å². The number of carbonyl (C=O) groups is 1. The molecule has 1 N–H and O–H groups in total. The normalized spacial score (nSPS) is 15.6. The van der Waals surface area contributed by atoms with Crippen LogP contribution in [0.1, 0.15) is 11.1 Å². The Morgan fingerprint density at radius 1 is 1.07 bits per heavy atom. The van der Waals surface area contributed by atoms with Gasteiger partial charge in [0.05, 0.1) is 18.1 Å². The highest BCUT2D eigenvalue weighted by molar-refractivity contribution is 7.89. The van der Waals surface area contributed by atoms with Crippen molar-refractivity contribution in [2.24, 2.45) is 0 Å². The first-order valence-electron chi connectivity index (χ1n) is 8.83. The molecule has 0 atom stereocenters. The summed E-state index contributed by atoms with van der Waals surface area (Å²) in [5.74, 6) is -0.236. The van der Waals surface area contributed by atoms with E-state index in [4.69, 9.17) is 16.3 Å². The summed E-state index contributed by atoms with van der Waals surface area (Å²) in [4.78, 5) is 12.2.